The molecular formula is C12H19N3O. The number of nitrogens with zero attached hydrogens (tertiary/aromatic N) is 3. The van der Waals surface area contributed by atoms with Crippen molar-refractivity contribution in [1.82, 2.24) is 10.2 Å². The molecule has 2 rings (SSSR count). The first kappa shape index (κ1) is 11.3. The third kappa shape index (κ3) is 2.50. The number of aromatic nitrogens is 2. The number of rotatable bonds is 2. The van der Waals surface area contributed by atoms with Crippen LogP contribution < -0.4 is 4.90 Å². The first-order valence-electron chi connectivity index (χ1n) is 5.93. The second-order valence-electron chi connectivity index (χ2n) is 4.69. The summed E-state index contributed by atoms with van der Waals surface area (Å²) >= 11 is 0. The number of aliphatic hydroxyl groups excluding tert-OH is 1. The van der Waals surface area contributed by atoms with E-state index in [-0.39, 0.29) is 6.10 Å². The monoisotopic (exact) mass is 221 g/mol. The van der Waals surface area contributed by atoms with E-state index < -0.39 is 0 Å². The standard InChI is InChI=1S/C12H19N3O/c1-9(2)11-3-4-12(14-13-11)15-7-5-10(16)6-8-15/h3-4,9-10,16H,5-8H2,1-2H3. The van der Waals surface area contributed by atoms with Gasteiger partial charge in [-0.25, -0.2) is 0 Å². The predicted molar refractivity (Wildman–Crippen MR) is 63.6 cm³/mol. The van der Waals surface area contributed by atoms with E-state index in [1.165, 1.54) is 0 Å². The summed E-state index contributed by atoms with van der Waals surface area (Å²) in [7, 11) is 0. The predicted octanol–water partition coefficient (Wildman–Crippen LogP) is 1.56. The van der Waals surface area contributed by atoms with Gasteiger partial charge >= 0.3 is 0 Å². The van der Waals surface area contributed by atoms with Crippen LogP contribution in [0, 0.1) is 0 Å². The molecule has 0 unspecified atom stereocenters. The summed E-state index contributed by atoms with van der Waals surface area (Å²) < 4.78 is 0. The van der Waals surface area contributed by atoms with Crippen LogP contribution in [-0.2, 0) is 0 Å². The summed E-state index contributed by atoms with van der Waals surface area (Å²) in [6.07, 6.45) is 1.51. The number of anilines is 1. The molecule has 0 radical (unpaired) electrons. The van der Waals surface area contributed by atoms with E-state index >= 15 is 0 Å². The van der Waals surface area contributed by atoms with Crippen LogP contribution >= 0.6 is 0 Å². The lowest BCUT2D eigenvalue weighted by Gasteiger charge is -2.30. The largest absolute Gasteiger partial charge is 0.393 e. The zero-order valence-corrected chi connectivity index (χ0v) is 9.93. The van der Waals surface area contributed by atoms with Crippen LogP contribution in [0.4, 0.5) is 5.82 Å². The molecule has 0 atom stereocenters. The lowest BCUT2D eigenvalue weighted by molar-refractivity contribution is 0.145. The minimum absolute atomic E-state index is 0.140. The average molecular weight is 221 g/mol. The molecule has 0 aliphatic carbocycles. The Morgan fingerprint density at radius 3 is 2.44 bits per heavy atom. The van der Waals surface area contributed by atoms with Crippen molar-refractivity contribution in [1.29, 1.82) is 0 Å². The number of aliphatic hydroxyl groups is 1. The molecule has 1 N–H and O–H groups in total. The van der Waals surface area contributed by atoms with Gasteiger partial charge in [0.05, 0.1) is 11.8 Å². The molecule has 1 aromatic heterocycles. The molecule has 4 nitrogen and oxygen atoms in total. The van der Waals surface area contributed by atoms with Gasteiger partial charge in [0.25, 0.3) is 0 Å². The zero-order chi connectivity index (χ0) is 11.5. The molecule has 1 saturated heterocycles. The highest BCUT2D eigenvalue weighted by molar-refractivity contribution is 5.38. The Kier molecular flexibility index (Phi) is 3.39. The molecule has 2 heterocycles. The van der Waals surface area contributed by atoms with E-state index in [1.807, 2.05) is 12.1 Å². The van der Waals surface area contributed by atoms with E-state index in [2.05, 4.69) is 28.9 Å². The Labute approximate surface area is 96.3 Å². The van der Waals surface area contributed by atoms with Crippen LogP contribution in [0.5, 0.6) is 0 Å². The fraction of sp³-hybridized carbons (Fsp3) is 0.667. The molecule has 1 aliphatic rings. The van der Waals surface area contributed by atoms with Crippen LogP contribution in [0.1, 0.15) is 38.3 Å². The van der Waals surface area contributed by atoms with Crippen LogP contribution in [0.2, 0.25) is 0 Å². The summed E-state index contributed by atoms with van der Waals surface area (Å²) in [6.45, 7) is 5.97. The Balaban J connectivity index is 2.04. The van der Waals surface area contributed by atoms with Crippen molar-refractivity contribution in [3.8, 4) is 0 Å². The molecular weight excluding hydrogens is 202 g/mol. The second-order valence-corrected chi connectivity index (χ2v) is 4.69. The summed E-state index contributed by atoms with van der Waals surface area (Å²) in [5.41, 5.74) is 1.03. The summed E-state index contributed by atoms with van der Waals surface area (Å²) in [5, 5.41) is 17.9. The van der Waals surface area contributed by atoms with Gasteiger partial charge in [-0.15, -0.1) is 5.10 Å². The maximum atomic E-state index is 9.43. The third-order valence-electron chi connectivity index (χ3n) is 3.05. The molecule has 88 valence electrons. The smallest absolute Gasteiger partial charge is 0.151 e. The van der Waals surface area contributed by atoms with Crippen molar-refractivity contribution < 1.29 is 5.11 Å². The lowest BCUT2D eigenvalue weighted by Crippen LogP contribution is -2.36. The molecule has 0 bridgehead atoms. The van der Waals surface area contributed by atoms with E-state index in [0.717, 1.165) is 37.4 Å². The van der Waals surface area contributed by atoms with Gasteiger partial charge < -0.3 is 10.0 Å². The van der Waals surface area contributed by atoms with Gasteiger partial charge in [-0.05, 0) is 30.9 Å². The van der Waals surface area contributed by atoms with Crippen molar-refractivity contribution in [2.24, 2.45) is 0 Å². The zero-order valence-electron chi connectivity index (χ0n) is 9.93. The van der Waals surface area contributed by atoms with Crippen molar-refractivity contribution >= 4 is 5.82 Å². The summed E-state index contributed by atoms with van der Waals surface area (Å²) in [5.74, 6) is 1.35. The minimum atomic E-state index is -0.140. The van der Waals surface area contributed by atoms with E-state index in [4.69, 9.17) is 0 Å². The van der Waals surface area contributed by atoms with Crippen LogP contribution in [0.25, 0.3) is 0 Å². The first-order chi connectivity index (χ1) is 7.66. The van der Waals surface area contributed by atoms with E-state index in [1.54, 1.807) is 0 Å². The third-order valence-corrected chi connectivity index (χ3v) is 3.05. The minimum Gasteiger partial charge on any atom is -0.393 e. The van der Waals surface area contributed by atoms with Gasteiger partial charge in [0.2, 0.25) is 0 Å². The number of piperidine rings is 1. The average Bonchev–Trinajstić information content (AvgIpc) is 2.30. The summed E-state index contributed by atoms with van der Waals surface area (Å²) in [6, 6.07) is 4.07. The maximum absolute atomic E-state index is 9.43. The van der Waals surface area contributed by atoms with E-state index in [0.29, 0.717) is 5.92 Å². The van der Waals surface area contributed by atoms with Gasteiger partial charge in [-0.3, -0.25) is 0 Å². The molecule has 1 aromatic rings. The molecule has 1 aliphatic heterocycles. The normalized spacial score (nSPS) is 18.1. The fourth-order valence-corrected chi connectivity index (χ4v) is 1.91. The van der Waals surface area contributed by atoms with Crippen molar-refractivity contribution in [3.05, 3.63) is 17.8 Å². The fourth-order valence-electron chi connectivity index (χ4n) is 1.91. The SMILES string of the molecule is CC(C)c1ccc(N2CCC(O)CC2)nn1. The van der Waals surface area contributed by atoms with Crippen LogP contribution in [0.15, 0.2) is 12.1 Å². The number of hydrogen-bond acceptors (Lipinski definition) is 4. The van der Waals surface area contributed by atoms with Gasteiger partial charge in [0.1, 0.15) is 0 Å². The Morgan fingerprint density at radius 1 is 1.25 bits per heavy atom. The molecule has 0 amide bonds. The van der Waals surface area contributed by atoms with Gasteiger partial charge in [0, 0.05) is 13.1 Å². The Morgan fingerprint density at radius 2 is 1.94 bits per heavy atom. The van der Waals surface area contributed by atoms with Gasteiger partial charge in [0.15, 0.2) is 5.82 Å². The second kappa shape index (κ2) is 4.78. The van der Waals surface area contributed by atoms with Crippen LogP contribution in [-0.4, -0.2) is 34.5 Å². The van der Waals surface area contributed by atoms with Crippen molar-refractivity contribution in [3.63, 3.8) is 0 Å². The number of hydrogen-bond donors (Lipinski definition) is 1. The molecule has 16 heavy (non-hydrogen) atoms. The summed E-state index contributed by atoms with van der Waals surface area (Å²) in [4.78, 5) is 2.18. The highest BCUT2D eigenvalue weighted by atomic mass is 16.3. The molecule has 4 heteroatoms. The molecule has 0 spiro atoms. The molecule has 0 saturated carbocycles. The van der Waals surface area contributed by atoms with E-state index in [9.17, 15) is 5.11 Å². The van der Waals surface area contributed by atoms with Crippen molar-refractivity contribution in [2.75, 3.05) is 18.0 Å². The Hall–Kier alpha value is -1.16. The van der Waals surface area contributed by atoms with Gasteiger partial charge in [-0.2, -0.15) is 5.10 Å². The first-order valence-corrected chi connectivity index (χ1v) is 5.93. The maximum Gasteiger partial charge on any atom is 0.151 e. The van der Waals surface area contributed by atoms with Crippen molar-refractivity contribution in [2.45, 2.75) is 38.7 Å². The highest BCUT2D eigenvalue weighted by Gasteiger charge is 2.18. The topological polar surface area (TPSA) is 49.2 Å². The van der Waals surface area contributed by atoms with Gasteiger partial charge in [-0.1, -0.05) is 13.8 Å². The molecule has 0 aromatic carbocycles. The molecule has 1 fully saturated rings. The highest BCUT2D eigenvalue weighted by Crippen LogP contribution is 2.18. The Bertz CT molecular complexity index is 329. The lowest BCUT2D eigenvalue weighted by atomic mass is 10.1. The quantitative estimate of drug-likeness (QED) is 0.823. The van der Waals surface area contributed by atoms with Crippen LogP contribution in [0.3, 0.4) is 0 Å².